The Morgan fingerprint density at radius 1 is 1.04 bits per heavy atom. The number of carbonyl (C=O) groups is 1. The standard InChI is InChI=1S/C20H19N3OS/c1-15(16-8-4-2-5-9-16)23-19(24)13-25-20-12-18(21-14-22-20)17-10-6-3-7-11-17/h2-12,14-15H,13H2,1H3,(H,23,24)/t15-/m1/s1. The zero-order chi connectivity index (χ0) is 17.5. The third-order valence-corrected chi connectivity index (χ3v) is 4.67. The van der Waals surface area contributed by atoms with Gasteiger partial charge in [0.15, 0.2) is 0 Å². The van der Waals surface area contributed by atoms with E-state index < -0.39 is 0 Å². The van der Waals surface area contributed by atoms with E-state index in [4.69, 9.17) is 0 Å². The van der Waals surface area contributed by atoms with Gasteiger partial charge < -0.3 is 5.32 Å². The smallest absolute Gasteiger partial charge is 0.230 e. The van der Waals surface area contributed by atoms with Crippen molar-refractivity contribution in [3.63, 3.8) is 0 Å². The van der Waals surface area contributed by atoms with Crippen LogP contribution in [0.15, 0.2) is 78.1 Å². The average Bonchev–Trinajstić information content (AvgIpc) is 2.68. The fraction of sp³-hybridized carbons (Fsp3) is 0.150. The average molecular weight is 349 g/mol. The maximum Gasteiger partial charge on any atom is 0.230 e. The minimum atomic E-state index is -0.0143. The molecule has 0 spiro atoms. The summed E-state index contributed by atoms with van der Waals surface area (Å²) >= 11 is 1.41. The first-order valence-corrected chi connectivity index (χ1v) is 9.05. The van der Waals surface area contributed by atoms with Crippen molar-refractivity contribution in [1.29, 1.82) is 0 Å². The highest BCUT2D eigenvalue weighted by atomic mass is 32.2. The molecule has 126 valence electrons. The Morgan fingerprint density at radius 2 is 1.72 bits per heavy atom. The molecule has 4 nitrogen and oxygen atoms in total. The lowest BCUT2D eigenvalue weighted by atomic mass is 10.1. The van der Waals surface area contributed by atoms with Crippen LogP contribution in [-0.2, 0) is 4.79 Å². The van der Waals surface area contributed by atoms with Crippen LogP contribution in [0.1, 0.15) is 18.5 Å². The molecule has 25 heavy (non-hydrogen) atoms. The number of carbonyl (C=O) groups excluding carboxylic acids is 1. The van der Waals surface area contributed by atoms with Gasteiger partial charge in [-0.3, -0.25) is 4.79 Å². The number of aromatic nitrogens is 2. The molecule has 1 heterocycles. The number of thioether (sulfide) groups is 1. The summed E-state index contributed by atoms with van der Waals surface area (Å²) in [6.45, 7) is 1.98. The summed E-state index contributed by atoms with van der Waals surface area (Å²) in [7, 11) is 0. The Morgan fingerprint density at radius 3 is 2.44 bits per heavy atom. The van der Waals surface area contributed by atoms with Crippen LogP contribution >= 0.6 is 11.8 Å². The molecular weight excluding hydrogens is 330 g/mol. The summed E-state index contributed by atoms with van der Waals surface area (Å²) in [6.07, 6.45) is 1.54. The third-order valence-electron chi connectivity index (χ3n) is 3.74. The molecule has 2 aromatic carbocycles. The summed E-state index contributed by atoms with van der Waals surface area (Å²) in [6, 6.07) is 21.8. The fourth-order valence-corrected chi connectivity index (χ4v) is 3.11. The second kappa shape index (κ2) is 8.44. The normalized spacial score (nSPS) is 11.7. The number of nitrogens with one attached hydrogen (secondary N) is 1. The van der Waals surface area contributed by atoms with Crippen molar-refractivity contribution >= 4 is 17.7 Å². The number of hydrogen-bond acceptors (Lipinski definition) is 4. The van der Waals surface area contributed by atoms with E-state index in [0.717, 1.165) is 21.8 Å². The number of nitrogens with zero attached hydrogens (tertiary/aromatic N) is 2. The van der Waals surface area contributed by atoms with E-state index in [1.807, 2.05) is 73.7 Å². The highest BCUT2D eigenvalue weighted by Gasteiger charge is 2.10. The molecule has 1 amide bonds. The molecule has 0 bridgehead atoms. The van der Waals surface area contributed by atoms with Gasteiger partial charge in [-0.05, 0) is 18.6 Å². The van der Waals surface area contributed by atoms with Crippen LogP contribution in [0.3, 0.4) is 0 Å². The van der Waals surface area contributed by atoms with Crippen LogP contribution in [-0.4, -0.2) is 21.6 Å². The van der Waals surface area contributed by atoms with Crippen LogP contribution in [0.5, 0.6) is 0 Å². The van der Waals surface area contributed by atoms with E-state index in [1.54, 1.807) is 0 Å². The largest absolute Gasteiger partial charge is 0.349 e. The van der Waals surface area contributed by atoms with Gasteiger partial charge in [-0.2, -0.15) is 0 Å². The molecule has 1 N–H and O–H groups in total. The lowest BCUT2D eigenvalue weighted by molar-refractivity contribution is -0.119. The lowest BCUT2D eigenvalue weighted by Crippen LogP contribution is -2.28. The van der Waals surface area contributed by atoms with Crippen LogP contribution < -0.4 is 5.32 Å². The summed E-state index contributed by atoms with van der Waals surface area (Å²) in [5.74, 6) is 0.309. The Bertz CT molecular complexity index is 825. The van der Waals surface area contributed by atoms with Crippen molar-refractivity contribution in [2.45, 2.75) is 18.0 Å². The number of benzene rings is 2. The van der Waals surface area contributed by atoms with Gasteiger partial charge in [0.1, 0.15) is 11.4 Å². The topological polar surface area (TPSA) is 54.9 Å². The second-order valence-corrected chi connectivity index (χ2v) is 6.59. The van der Waals surface area contributed by atoms with Gasteiger partial charge in [-0.15, -0.1) is 0 Å². The van der Waals surface area contributed by atoms with Crippen molar-refractivity contribution in [3.8, 4) is 11.3 Å². The molecule has 5 heteroatoms. The predicted octanol–water partition coefficient (Wildman–Crippen LogP) is 4.11. The molecule has 0 aliphatic carbocycles. The van der Waals surface area contributed by atoms with Crippen LogP contribution in [0.4, 0.5) is 0 Å². The number of rotatable bonds is 6. The van der Waals surface area contributed by atoms with Crippen molar-refractivity contribution in [1.82, 2.24) is 15.3 Å². The maximum atomic E-state index is 12.2. The Kier molecular flexibility index (Phi) is 5.80. The number of hydrogen-bond donors (Lipinski definition) is 1. The highest BCUT2D eigenvalue weighted by molar-refractivity contribution is 7.99. The zero-order valence-electron chi connectivity index (χ0n) is 13.9. The monoisotopic (exact) mass is 349 g/mol. The van der Waals surface area contributed by atoms with Crippen LogP contribution in [0, 0.1) is 0 Å². The SMILES string of the molecule is C[C@@H](NC(=O)CSc1cc(-c2ccccc2)ncn1)c1ccccc1. The van der Waals surface area contributed by atoms with Gasteiger partial charge in [0.2, 0.25) is 5.91 Å². The summed E-state index contributed by atoms with van der Waals surface area (Å²) < 4.78 is 0. The molecule has 0 aliphatic rings. The third kappa shape index (κ3) is 4.90. The molecule has 0 radical (unpaired) electrons. The Hall–Kier alpha value is -2.66. The lowest BCUT2D eigenvalue weighted by Gasteiger charge is -2.14. The van der Waals surface area contributed by atoms with Crippen molar-refractivity contribution in [2.75, 3.05) is 5.75 Å². The minimum absolute atomic E-state index is 0.0128. The molecule has 0 fully saturated rings. The molecule has 0 aliphatic heterocycles. The highest BCUT2D eigenvalue weighted by Crippen LogP contribution is 2.22. The van der Waals surface area contributed by atoms with Crippen molar-refractivity contribution < 1.29 is 4.79 Å². The first-order valence-electron chi connectivity index (χ1n) is 8.07. The van der Waals surface area contributed by atoms with Crippen molar-refractivity contribution in [2.24, 2.45) is 0 Å². The summed E-state index contributed by atoms with van der Waals surface area (Å²) in [5, 5.41) is 3.80. The Labute approximate surface area is 151 Å². The fourth-order valence-electron chi connectivity index (χ4n) is 2.43. The molecule has 1 aromatic heterocycles. The first-order chi connectivity index (χ1) is 12.2. The van der Waals surface area contributed by atoms with E-state index in [-0.39, 0.29) is 11.9 Å². The first kappa shape index (κ1) is 17.2. The Balaban J connectivity index is 1.57. The zero-order valence-corrected chi connectivity index (χ0v) is 14.7. The second-order valence-electron chi connectivity index (χ2n) is 5.60. The van der Waals surface area contributed by atoms with Gasteiger partial charge in [0, 0.05) is 5.56 Å². The van der Waals surface area contributed by atoms with Crippen molar-refractivity contribution in [3.05, 3.63) is 78.6 Å². The van der Waals surface area contributed by atoms with E-state index in [9.17, 15) is 4.79 Å². The van der Waals surface area contributed by atoms with Gasteiger partial charge in [0.05, 0.1) is 17.5 Å². The number of amides is 1. The van der Waals surface area contributed by atoms with E-state index in [2.05, 4.69) is 15.3 Å². The van der Waals surface area contributed by atoms with Gasteiger partial charge in [-0.25, -0.2) is 9.97 Å². The van der Waals surface area contributed by atoms with E-state index >= 15 is 0 Å². The maximum absolute atomic E-state index is 12.2. The van der Waals surface area contributed by atoms with Crippen LogP contribution in [0.2, 0.25) is 0 Å². The quantitative estimate of drug-likeness (QED) is 0.537. The van der Waals surface area contributed by atoms with Crippen LogP contribution in [0.25, 0.3) is 11.3 Å². The molecular formula is C20H19N3OS. The summed E-state index contributed by atoms with van der Waals surface area (Å²) in [4.78, 5) is 20.7. The molecule has 3 aromatic rings. The molecule has 0 saturated carbocycles. The molecule has 3 rings (SSSR count). The van der Waals surface area contributed by atoms with Gasteiger partial charge >= 0.3 is 0 Å². The molecule has 1 atom stereocenters. The molecule has 0 unspecified atom stereocenters. The van der Waals surface area contributed by atoms with E-state index in [1.165, 1.54) is 18.1 Å². The van der Waals surface area contributed by atoms with Gasteiger partial charge in [-0.1, -0.05) is 72.4 Å². The molecule has 0 saturated heterocycles. The predicted molar refractivity (Wildman–Crippen MR) is 101 cm³/mol. The summed E-state index contributed by atoms with van der Waals surface area (Å²) in [5.41, 5.74) is 2.99. The van der Waals surface area contributed by atoms with Gasteiger partial charge in [0.25, 0.3) is 0 Å². The van der Waals surface area contributed by atoms with E-state index in [0.29, 0.717) is 5.75 Å². The minimum Gasteiger partial charge on any atom is -0.349 e.